The monoisotopic (exact) mass is 270 g/mol. The first-order valence-corrected chi connectivity index (χ1v) is 7.04. The van der Waals surface area contributed by atoms with Gasteiger partial charge >= 0.3 is 0 Å². The van der Waals surface area contributed by atoms with Gasteiger partial charge in [0.1, 0.15) is 19.0 Å². The van der Waals surface area contributed by atoms with Gasteiger partial charge in [0.15, 0.2) is 11.2 Å². The van der Waals surface area contributed by atoms with Gasteiger partial charge in [-0.15, -0.1) is 0 Å². The van der Waals surface area contributed by atoms with Gasteiger partial charge < -0.3 is 8.83 Å². The van der Waals surface area contributed by atoms with Crippen LogP contribution < -0.4 is 5.46 Å². The number of para-hydroxylation sites is 1. The van der Waals surface area contributed by atoms with E-state index in [1.54, 1.807) is 0 Å². The molecule has 5 aromatic rings. The fraction of sp³-hybridized carbons (Fsp3) is 0. The predicted octanol–water partition coefficient (Wildman–Crippen LogP) is 3.74. The summed E-state index contributed by atoms with van der Waals surface area (Å²) in [6.45, 7) is 0. The second kappa shape index (κ2) is 3.70. The lowest BCUT2D eigenvalue weighted by Gasteiger charge is -1.91. The molecule has 0 aliphatic heterocycles. The van der Waals surface area contributed by atoms with E-state index < -0.39 is 0 Å². The fourth-order valence-electron chi connectivity index (χ4n) is 3.12. The minimum Gasteiger partial charge on any atom is -0.452 e. The largest absolute Gasteiger partial charge is 0.452 e. The Labute approximate surface area is 121 Å². The molecule has 0 unspecified atom stereocenters. The maximum Gasteiger partial charge on any atom is 0.178 e. The third-order valence-electron chi connectivity index (χ3n) is 4.14. The molecule has 0 bridgehead atoms. The topological polar surface area (TPSA) is 26.3 Å². The summed E-state index contributed by atoms with van der Waals surface area (Å²) in [6, 6.07) is 18.6. The van der Waals surface area contributed by atoms with Crippen molar-refractivity contribution < 1.29 is 8.83 Å². The summed E-state index contributed by atoms with van der Waals surface area (Å²) >= 11 is 0. The molecule has 2 nitrogen and oxygen atoms in total. The molecule has 0 aliphatic carbocycles. The molecule has 0 spiro atoms. The summed E-state index contributed by atoms with van der Waals surface area (Å²) < 4.78 is 12.1. The Hall–Kier alpha value is -2.68. The van der Waals surface area contributed by atoms with Crippen LogP contribution in [0.3, 0.4) is 0 Å². The number of hydrogen-bond acceptors (Lipinski definition) is 2. The molecule has 0 atom stereocenters. The number of hydrogen-bond donors (Lipinski definition) is 0. The zero-order chi connectivity index (χ0) is 14.0. The Morgan fingerprint density at radius 2 is 1.24 bits per heavy atom. The highest BCUT2D eigenvalue weighted by atomic mass is 16.4. The number of rotatable bonds is 0. The zero-order valence-electron chi connectivity index (χ0n) is 11.5. The van der Waals surface area contributed by atoms with Crippen molar-refractivity contribution in [1.29, 1.82) is 0 Å². The van der Waals surface area contributed by atoms with Crippen LogP contribution in [0.1, 0.15) is 0 Å². The van der Waals surface area contributed by atoms with Gasteiger partial charge in [0.2, 0.25) is 0 Å². The van der Waals surface area contributed by atoms with Gasteiger partial charge in [0, 0.05) is 21.5 Å². The standard InChI is InChI=1S/C18H11BO2/c19-10-5-6-12-14-8-7-13-11-3-1-2-4-15(11)20-17(13)18(14)21-16(12)9-10/h1-9H,19H2. The molecule has 98 valence electrons. The first-order valence-electron chi connectivity index (χ1n) is 7.04. The highest BCUT2D eigenvalue weighted by molar-refractivity contribution is 6.33. The third kappa shape index (κ3) is 1.38. The summed E-state index contributed by atoms with van der Waals surface area (Å²) in [6.07, 6.45) is 0. The number of fused-ring (bicyclic) bond motifs is 7. The molecule has 0 saturated carbocycles. The maximum absolute atomic E-state index is 6.08. The first-order chi connectivity index (χ1) is 10.3. The van der Waals surface area contributed by atoms with Gasteiger partial charge in [0.05, 0.1) is 0 Å². The van der Waals surface area contributed by atoms with Crippen molar-refractivity contribution in [2.24, 2.45) is 0 Å². The molecule has 5 rings (SSSR count). The van der Waals surface area contributed by atoms with Crippen molar-refractivity contribution in [3.05, 3.63) is 54.6 Å². The summed E-state index contributed by atoms with van der Waals surface area (Å²) in [4.78, 5) is 0. The SMILES string of the molecule is Bc1ccc2c(c1)oc1c2ccc2c3ccccc3oc21. The summed E-state index contributed by atoms with van der Waals surface area (Å²) in [5.74, 6) is 0. The minimum absolute atomic E-state index is 0.836. The van der Waals surface area contributed by atoms with E-state index in [1.165, 1.54) is 5.46 Å². The molecular formula is C18H11BO2. The van der Waals surface area contributed by atoms with E-state index in [0.717, 1.165) is 43.9 Å². The Bertz CT molecular complexity index is 1150. The molecule has 0 fully saturated rings. The van der Waals surface area contributed by atoms with E-state index >= 15 is 0 Å². The molecule has 0 saturated heterocycles. The summed E-state index contributed by atoms with van der Waals surface area (Å²) in [7, 11) is 2.07. The minimum atomic E-state index is 0.836. The molecular weight excluding hydrogens is 259 g/mol. The van der Waals surface area contributed by atoms with Crippen molar-refractivity contribution in [2.75, 3.05) is 0 Å². The zero-order valence-corrected chi connectivity index (χ0v) is 11.5. The molecule has 21 heavy (non-hydrogen) atoms. The second-order valence-electron chi connectivity index (χ2n) is 5.52. The highest BCUT2D eigenvalue weighted by Crippen LogP contribution is 2.37. The van der Waals surface area contributed by atoms with E-state index in [4.69, 9.17) is 8.83 Å². The Morgan fingerprint density at radius 1 is 0.619 bits per heavy atom. The van der Waals surface area contributed by atoms with Crippen LogP contribution in [0.2, 0.25) is 0 Å². The van der Waals surface area contributed by atoms with Crippen LogP contribution in [0, 0.1) is 0 Å². The van der Waals surface area contributed by atoms with E-state index in [0.29, 0.717) is 0 Å². The lowest BCUT2D eigenvalue weighted by molar-refractivity contribution is 0.633. The van der Waals surface area contributed by atoms with E-state index in [-0.39, 0.29) is 0 Å². The van der Waals surface area contributed by atoms with Gasteiger partial charge in [-0.1, -0.05) is 35.8 Å². The Balaban J connectivity index is 2.06. The fourth-order valence-corrected chi connectivity index (χ4v) is 3.12. The van der Waals surface area contributed by atoms with E-state index in [9.17, 15) is 0 Å². The van der Waals surface area contributed by atoms with E-state index in [2.05, 4.69) is 44.2 Å². The maximum atomic E-state index is 6.08. The normalized spacial score (nSPS) is 12.0. The van der Waals surface area contributed by atoms with Gasteiger partial charge in [-0.3, -0.25) is 0 Å². The Kier molecular flexibility index (Phi) is 1.94. The van der Waals surface area contributed by atoms with Crippen molar-refractivity contribution in [1.82, 2.24) is 0 Å². The second-order valence-corrected chi connectivity index (χ2v) is 5.52. The molecule has 3 heteroatoms. The van der Waals surface area contributed by atoms with Gasteiger partial charge in [-0.2, -0.15) is 0 Å². The lowest BCUT2D eigenvalue weighted by atomic mass is 9.95. The van der Waals surface area contributed by atoms with Crippen molar-refractivity contribution in [3.8, 4) is 0 Å². The van der Waals surface area contributed by atoms with Crippen molar-refractivity contribution >= 4 is 57.2 Å². The average Bonchev–Trinajstić information content (AvgIpc) is 3.04. The molecule has 0 aliphatic rings. The summed E-state index contributed by atoms with van der Waals surface area (Å²) in [5.41, 5.74) is 4.68. The molecule has 3 aromatic carbocycles. The van der Waals surface area contributed by atoms with Gasteiger partial charge in [0.25, 0.3) is 0 Å². The third-order valence-corrected chi connectivity index (χ3v) is 4.14. The van der Waals surface area contributed by atoms with Crippen LogP contribution in [-0.2, 0) is 0 Å². The molecule has 0 amide bonds. The van der Waals surface area contributed by atoms with Gasteiger partial charge in [-0.05, 0) is 24.3 Å². The number of furan rings is 2. The smallest absolute Gasteiger partial charge is 0.178 e. The Morgan fingerprint density at radius 3 is 2.05 bits per heavy atom. The van der Waals surface area contributed by atoms with Crippen molar-refractivity contribution in [3.63, 3.8) is 0 Å². The van der Waals surface area contributed by atoms with Crippen LogP contribution in [0.15, 0.2) is 63.4 Å². The molecule has 0 radical (unpaired) electrons. The molecule has 2 aromatic heterocycles. The lowest BCUT2D eigenvalue weighted by Crippen LogP contribution is -1.98. The molecule has 2 heterocycles. The van der Waals surface area contributed by atoms with Gasteiger partial charge in [-0.25, -0.2) is 0 Å². The summed E-state index contributed by atoms with van der Waals surface area (Å²) in [5, 5.41) is 4.48. The first kappa shape index (κ1) is 11.0. The van der Waals surface area contributed by atoms with Crippen LogP contribution in [0.25, 0.3) is 43.9 Å². The van der Waals surface area contributed by atoms with Crippen LogP contribution in [-0.4, -0.2) is 7.85 Å². The quantitative estimate of drug-likeness (QED) is 0.401. The molecule has 0 N–H and O–H groups in total. The number of benzene rings is 3. The highest BCUT2D eigenvalue weighted by Gasteiger charge is 2.15. The average molecular weight is 270 g/mol. The van der Waals surface area contributed by atoms with Crippen LogP contribution in [0.5, 0.6) is 0 Å². The van der Waals surface area contributed by atoms with E-state index in [1.807, 2.05) is 18.2 Å². The van der Waals surface area contributed by atoms with Crippen LogP contribution in [0.4, 0.5) is 0 Å². The van der Waals surface area contributed by atoms with Crippen LogP contribution >= 0.6 is 0 Å². The predicted molar refractivity (Wildman–Crippen MR) is 89.2 cm³/mol. The van der Waals surface area contributed by atoms with Crippen molar-refractivity contribution in [2.45, 2.75) is 0 Å².